The van der Waals surface area contributed by atoms with Gasteiger partial charge in [-0.15, -0.1) is 0 Å². The molecule has 4 nitrogen and oxygen atoms in total. The molecule has 4 heteroatoms. The third-order valence-corrected chi connectivity index (χ3v) is 4.11. The highest BCUT2D eigenvalue weighted by molar-refractivity contribution is 5.79. The largest absolute Gasteiger partial charge is 0.481 e. The quantitative estimate of drug-likeness (QED) is 0.888. The molecule has 0 unspecified atom stereocenters. The van der Waals surface area contributed by atoms with Gasteiger partial charge in [-0.2, -0.15) is 0 Å². The SMILES string of the molecule is C[C@@H](NC(=O)C1CCC(C(=O)O)CC1)c1ccccc1. The number of carbonyl (C=O) groups excluding carboxylic acids is 1. The molecule has 1 aliphatic carbocycles. The van der Waals surface area contributed by atoms with Crippen molar-refractivity contribution >= 4 is 11.9 Å². The second kappa shape index (κ2) is 6.55. The van der Waals surface area contributed by atoms with Crippen molar-refractivity contribution in [3.05, 3.63) is 35.9 Å². The molecule has 1 amide bonds. The van der Waals surface area contributed by atoms with Gasteiger partial charge in [0.15, 0.2) is 0 Å². The van der Waals surface area contributed by atoms with E-state index in [0.29, 0.717) is 25.7 Å². The number of amides is 1. The number of hydrogen-bond acceptors (Lipinski definition) is 2. The standard InChI is InChI=1S/C16H21NO3/c1-11(12-5-3-2-4-6-12)17-15(18)13-7-9-14(10-8-13)16(19)20/h2-6,11,13-14H,7-10H2,1H3,(H,17,18)(H,19,20)/t11-,13?,14?/m1/s1. The molecular weight excluding hydrogens is 254 g/mol. The first-order chi connectivity index (χ1) is 9.58. The van der Waals surface area contributed by atoms with Crippen LogP contribution in [0.15, 0.2) is 30.3 Å². The maximum absolute atomic E-state index is 12.2. The molecule has 2 rings (SSSR count). The summed E-state index contributed by atoms with van der Waals surface area (Å²) in [6, 6.07) is 9.83. The van der Waals surface area contributed by atoms with E-state index in [0.717, 1.165) is 5.56 Å². The van der Waals surface area contributed by atoms with E-state index in [4.69, 9.17) is 5.11 Å². The number of rotatable bonds is 4. The summed E-state index contributed by atoms with van der Waals surface area (Å²) in [4.78, 5) is 23.1. The number of aliphatic carboxylic acids is 1. The molecule has 0 heterocycles. The zero-order valence-corrected chi connectivity index (χ0v) is 11.7. The highest BCUT2D eigenvalue weighted by Gasteiger charge is 2.30. The molecule has 20 heavy (non-hydrogen) atoms. The van der Waals surface area contributed by atoms with Crippen LogP contribution in [0.25, 0.3) is 0 Å². The predicted octanol–water partition coefficient (Wildman–Crippen LogP) is 2.75. The second-order valence-corrected chi connectivity index (χ2v) is 5.53. The van der Waals surface area contributed by atoms with Crippen molar-refractivity contribution in [1.82, 2.24) is 5.32 Å². The molecular formula is C16H21NO3. The fourth-order valence-corrected chi connectivity index (χ4v) is 2.76. The van der Waals surface area contributed by atoms with Crippen LogP contribution in [0.1, 0.15) is 44.2 Å². The Morgan fingerprint density at radius 2 is 1.65 bits per heavy atom. The molecule has 1 aliphatic rings. The van der Waals surface area contributed by atoms with Crippen LogP contribution in [0.5, 0.6) is 0 Å². The van der Waals surface area contributed by atoms with Crippen molar-refractivity contribution in [2.24, 2.45) is 11.8 Å². The fraction of sp³-hybridized carbons (Fsp3) is 0.500. The minimum atomic E-state index is -0.735. The smallest absolute Gasteiger partial charge is 0.306 e. The van der Waals surface area contributed by atoms with Crippen molar-refractivity contribution in [1.29, 1.82) is 0 Å². The maximum Gasteiger partial charge on any atom is 0.306 e. The van der Waals surface area contributed by atoms with Crippen molar-refractivity contribution in [3.8, 4) is 0 Å². The van der Waals surface area contributed by atoms with Gasteiger partial charge in [-0.3, -0.25) is 9.59 Å². The summed E-state index contributed by atoms with van der Waals surface area (Å²) in [7, 11) is 0. The van der Waals surface area contributed by atoms with Gasteiger partial charge in [0.25, 0.3) is 0 Å². The van der Waals surface area contributed by atoms with E-state index in [1.807, 2.05) is 37.3 Å². The molecule has 0 radical (unpaired) electrons. The molecule has 1 aromatic carbocycles. The van der Waals surface area contributed by atoms with E-state index < -0.39 is 5.97 Å². The van der Waals surface area contributed by atoms with E-state index >= 15 is 0 Å². The van der Waals surface area contributed by atoms with E-state index in [2.05, 4.69) is 5.32 Å². The van der Waals surface area contributed by atoms with Gasteiger partial charge in [-0.1, -0.05) is 30.3 Å². The van der Waals surface area contributed by atoms with Crippen molar-refractivity contribution in [3.63, 3.8) is 0 Å². The lowest BCUT2D eigenvalue weighted by Gasteiger charge is -2.26. The Morgan fingerprint density at radius 1 is 1.10 bits per heavy atom. The van der Waals surface area contributed by atoms with Gasteiger partial charge in [0.05, 0.1) is 12.0 Å². The first kappa shape index (κ1) is 14.6. The van der Waals surface area contributed by atoms with Gasteiger partial charge in [0.2, 0.25) is 5.91 Å². The topological polar surface area (TPSA) is 66.4 Å². The van der Waals surface area contributed by atoms with Gasteiger partial charge in [0.1, 0.15) is 0 Å². The minimum Gasteiger partial charge on any atom is -0.481 e. The summed E-state index contributed by atoms with van der Waals surface area (Å²) in [5, 5.41) is 12.0. The summed E-state index contributed by atoms with van der Waals surface area (Å²) in [6.45, 7) is 1.97. The van der Waals surface area contributed by atoms with Crippen LogP contribution < -0.4 is 5.32 Å². The molecule has 0 spiro atoms. The zero-order chi connectivity index (χ0) is 14.5. The van der Waals surface area contributed by atoms with Crippen LogP contribution in [-0.4, -0.2) is 17.0 Å². The molecule has 108 valence electrons. The average molecular weight is 275 g/mol. The second-order valence-electron chi connectivity index (χ2n) is 5.53. The number of carboxylic acid groups (broad SMARTS) is 1. The normalized spacial score (nSPS) is 23.9. The van der Waals surface area contributed by atoms with Crippen molar-refractivity contribution < 1.29 is 14.7 Å². The van der Waals surface area contributed by atoms with E-state index in [1.165, 1.54) is 0 Å². The number of hydrogen-bond donors (Lipinski definition) is 2. The van der Waals surface area contributed by atoms with Gasteiger partial charge in [-0.25, -0.2) is 0 Å². The molecule has 1 atom stereocenters. The third kappa shape index (κ3) is 3.59. The lowest BCUT2D eigenvalue weighted by molar-refractivity contribution is -0.144. The number of carbonyl (C=O) groups is 2. The highest BCUT2D eigenvalue weighted by atomic mass is 16.4. The number of nitrogens with one attached hydrogen (secondary N) is 1. The van der Waals surface area contributed by atoms with Gasteiger partial charge >= 0.3 is 5.97 Å². The number of benzene rings is 1. The summed E-state index contributed by atoms with van der Waals surface area (Å²) < 4.78 is 0. The first-order valence-corrected chi connectivity index (χ1v) is 7.16. The van der Waals surface area contributed by atoms with Crippen LogP contribution in [0, 0.1) is 11.8 Å². The van der Waals surface area contributed by atoms with Gasteiger partial charge in [0, 0.05) is 5.92 Å². The molecule has 2 N–H and O–H groups in total. The summed E-state index contributed by atoms with van der Waals surface area (Å²) in [5.41, 5.74) is 1.08. The Balaban J connectivity index is 1.85. The Morgan fingerprint density at radius 3 is 2.20 bits per heavy atom. The van der Waals surface area contributed by atoms with E-state index in [-0.39, 0.29) is 23.8 Å². The highest BCUT2D eigenvalue weighted by Crippen LogP contribution is 2.29. The third-order valence-electron chi connectivity index (χ3n) is 4.11. The minimum absolute atomic E-state index is 0.0131. The lowest BCUT2D eigenvalue weighted by atomic mass is 9.81. The molecule has 1 saturated carbocycles. The van der Waals surface area contributed by atoms with Gasteiger partial charge < -0.3 is 10.4 Å². The predicted molar refractivity (Wildman–Crippen MR) is 76.1 cm³/mol. The van der Waals surface area contributed by atoms with Crippen LogP contribution in [-0.2, 0) is 9.59 Å². The van der Waals surface area contributed by atoms with E-state index in [9.17, 15) is 9.59 Å². The molecule has 1 aromatic rings. The number of carboxylic acids is 1. The first-order valence-electron chi connectivity index (χ1n) is 7.16. The molecule has 0 aromatic heterocycles. The Labute approximate surface area is 119 Å². The zero-order valence-electron chi connectivity index (χ0n) is 11.7. The maximum atomic E-state index is 12.2. The summed E-state index contributed by atoms with van der Waals surface area (Å²) in [5.74, 6) is -1.01. The van der Waals surface area contributed by atoms with Crippen LogP contribution >= 0.6 is 0 Å². The van der Waals surface area contributed by atoms with Crippen molar-refractivity contribution in [2.45, 2.75) is 38.6 Å². The van der Waals surface area contributed by atoms with Crippen molar-refractivity contribution in [2.75, 3.05) is 0 Å². The van der Waals surface area contributed by atoms with Gasteiger partial charge in [-0.05, 0) is 38.2 Å². The Bertz CT molecular complexity index is 464. The lowest BCUT2D eigenvalue weighted by Crippen LogP contribution is -2.35. The van der Waals surface area contributed by atoms with Crippen LogP contribution in [0.4, 0.5) is 0 Å². The Kier molecular flexibility index (Phi) is 4.77. The molecule has 0 bridgehead atoms. The van der Waals surface area contributed by atoms with Crippen LogP contribution in [0.3, 0.4) is 0 Å². The summed E-state index contributed by atoms with van der Waals surface area (Å²) in [6.07, 6.45) is 2.55. The fourth-order valence-electron chi connectivity index (χ4n) is 2.76. The Hall–Kier alpha value is -1.84. The monoisotopic (exact) mass is 275 g/mol. The molecule has 1 fully saturated rings. The van der Waals surface area contributed by atoms with E-state index in [1.54, 1.807) is 0 Å². The average Bonchev–Trinajstić information content (AvgIpc) is 2.48. The summed E-state index contributed by atoms with van der Waals surface area (Å²) >= 11 is 0. The molecule has 0 aliphatic heterocycles. The van der Waals surface area contributed by atoms with Crippen LogP contribution in [0.2, 0.25) is 0 Å². The molecule has 0 saturated heterocycles.